The number of piperidine rings is 1. The average Bonchev–Trinajstić information content (AvgIpc) is 2.69. The summed E-state index contributed by atoms with van der Waals surface area (Å²) in [4.78, 5) is 25.3. The molecule has 1 unspecified atom stereocenters. The molecule has 0 saturated carbocycles. The molecule has 1 aliphatic heterocycles. The highest BCUT2D eigenvalue weighted by atomic mass is 32.2. The lowest BCUT2D eigenvalue weighted by Gasteiger charge is -2.34. The first-order chi connectivity index (χ1) is 14.2. The highest BCUT2D eigenvalue weighted by Crippen LogP contribution is 2.24. The zero-order chi connectivity index (χ0) is 21.9. The molecule has 0 radical (unpaired) electrons. The van der Waals surface area contributed by atoms with Crippen LogP contribution in [0.5, 0.6) is 0 Å². The summed E-state index contributed by atoms with van der Waals surface area (Å²) < 4.78 is 30.4. The number of aromatic nitrogens is 2. The molecule has 1 amide bonds. The van der Waals surface area contributed by atoms with Crippen LogP contribution in [0.3, 0.4) is 0 Å². The fourth-order valence-corrected chi connectivity index (χ4v) is 5.05. The van der Waals surface area contributed by atoms with Gasteiger partial charge in [-0.25, -0.2) is 17.8 Å². The van der Waals surface area contributed by atoms with E-state index in [9.17, 15) is 18.0 Å². The Labute approximate surface area is 176 Å². The van der Waals surface area contributed by atoms with Crippen molar-refractivity contribution in [3.63, 3.8) is 0 Å². The first-order valence-corrected chi connectivity index (χ1v) is 11.4. The van der Waals surface area contributed by atoms with Crippen molar-refractivity contribution in [2.45, 2.75) is 51.1 Å². The summed E-state index contributed by atoms with van der Waals surface area (Å²) in [5.41, 5.74) is 0.867. The van der Waals surface area contributed by atoms with Gasteiger partial charge < -0.3 is 10.2 Å². The van der Waals surface area contributed by atoms with Gasteiger partial charge in [0, 0.05) is 38.7 Å². The Hall–Kier alpha value is -2.72. The SMILES string of the molecule is CCn1nc(N2CCCC(NS(=O)(=O)c3cc(C)ccc3NC(C)=O)C2)ccc1=O. The number of hydrogen-bond acceptors (Lipinski definition) is 6. The van der Waals surface area contributed by atoms with Crippen LogP contribution in [-0.2, 0) is 21.4 Å². The van der Waals surface area contributed by atoms with E-state index in [0.717, 1.165) is 18.5 Å². The fourth-order valence-electron chi connectivity index (χ4n) is 3.54. The molecule has 1 aliphatic rings. The van der Waals surface area contributed by atoms with E-state index in [0.29, 0.717) is 25.3 Å². The van der Waals surface area contributed by atoms with Crippen LogP contribution in [0.1, 0.15) is 32.3 Å². The van der Waals surface area contributed by atoms with Gasteiger partial charge in [-0.2, -0.15) is 5.10 Å². The second-order valence-electron chi connectivity index (χ2n) is 7.43. The summed E-state index contributed by atoms with van der Waals surface area (Å²) in [6.45, 7) is 6.62. The van der Waals surface area contributed by atoms with Crippen molar-refractivity contribution in [2.75, 3.05) is 23.3 Å². The Morgan fingerprint density at radius 1 is 1.27 bits per heavy atom. The number of nitrogens with one attached hydrogen (secondary N) is 2. The molecule has 0 spiro atoms. The number of amides is 1. The lowest BCUT2D eigenvalue weighted by Crippen LogP contribution is -2.48. The van der Waals surface area contributed by atoms with Gasteiger partial charge >= 0.3 is 0 Å². The van der Waals surface area contributed by atoms with Crippen LogP contribution in [0.15, 0.2) is 40.0 Å². The molecule has 2 aromatic rings. The minimum absolute atomic E-state index is 0.0486. The minimum Gasteiger partial charge on any atom is -0.354 e. The van der Waals surface area contributed by atoms with Crippen molar-refractivity contribution in [2.24, 2.45) is 0 Å². The topological polar surface area (TPSA) is 113 Å². The Bertz CT molecular complexity index is 1100. The van der Waals surface area contributed by atoms with Gasteiger partial charge in [0.15, 0.2) is 0 Å². The molecule has 1 fully saturated rings. The molecular weight excluding hydrogens is 406 g/mol. The summed E-state index contributed by atoms with van der Waals surface area (Å²) in [6, 6.07) is 7.72. The second-order valence-corrected chi connectivity index (χ2v) is 9.12. The monoisotopic (exact) mass is 433 g/mol. The van der Waals surface area contributed by atoms with Gasteiger partial charge in [-0.3, -0.25) is 9.59 Å². The molecule has 1 atom stereocenters. The van der Waals surface area contributed by atoms with Crippen LogP contribution < -0.4 is 20.5 Å². The Morgan fingerprint density at radius 3 is 2.73 bits per heavy atom. The first-order valence-electron chi connectivity index (χ1n) is 9.93. The summed E-state index contributed by atoms with van der Waals surface area (Å²) in [5.74, 6) is 0.311. The molecule has 2 heterocycles. The number of carbonyl (C=O) groups is 1. The molecule has 2 N–H and O–H groups in total. The van der Waals surface area contributed by atoms with E-state index in [-0.39, 0.29) is 28.1 Å². The molecule has 10 heteroatoms. The van der Waals surface area contributed by atoms with Gasteiger partial charge in [-0.05, 0) is 50.5 Å². The third-order valence-electron chi connectivity index (χ3n) is 4.96. The van der Waals surface area contributed by atoms with Crippen LogP contribution in [0.25, 0.3) is 0 Å². The van der Waals surface area contributed by atoms with E-state index in [1.54, 1.807) is 31.2 Å². The number of aryl methyl sites for hydroxylation is 2. The van der Waals surface area contributed by atoms with Crippen molar-refractivity contribution < 1.29 is 13.2 Å². The van der Waals surface area contributed by atoms with Crippen LogP contribution in [0.4, 0.5) is 11.5 Å². The third kappa shape index (κ3) is 5.06. The Balaban J connectivity index is 1.81. The van der Waals surface area contributed by atoms with Crippen LogP contribution in [-0.4, -0.2) is 43.2 Å². The maximum absolute atomic E-state index is 13.1. The van der Waals surface area contributed by atoms with Crippen molar-refractivity contribution in [3.8, 4) is 0 Å². The summed E-state index contributed by atoms with van der Waals surface area (Å²) in [5, 5.41) is 6.95. The quantitative estimate of drug-likeness (QED) is 0.713. The lowest BCUT2D eigenvalue weighted by atomic mass is 10.1. The molecule has 1 aromatic carbocycles. The molecule has 3 rings (SSSR count). The molecule has 1 saturated heterocycles. The van der Waals surface area contributed by atoms with Gasteiger partial charge in [0.25, 0.3) is 5.56 Å². The lowest BCUT2D eigenvalue weighted by molar-refractivity contribution is -0.114. The molecule has 0 bridgehead atoms. The number of hydrogen-bond donors (Lipinski definition) is 2. The van der Waals surface area contributed by atoms with Crippen molar-refractivity contribution in [3.05, 3.63) is 46.2 Å². The van der Waals surface area contributed by atoms with Crippen molar-refractivity contribution in [1.29, 1.82) is 0 Å². The van der Waals surface area contributed by atoms with Gasteiger partial charge in [0.1, 0.15) is 10.7 Å². The smallest absolute Gasteiger partial charge is 0.266 e. The molecule has 0 aliphatic carbocycles. The van der Waals surface area contributed by atoms with E-state index >= 15 is 0 Å². The summed E-state index contributed by atoms with van der Waals surface area (Å²) >= 11 is 0. The number of sulfonamides is 1. The van der Waals surface area contributed by atoms with E-state index < -0.39 is 10.0 Å². The minimum atomic E-state index is -3.85. The number of carbonyl (C=O) groups excluding carboxylic acids is 1. The maximum atomic E-state index is 13.1. The van der Waals surface area contributed by atoms with Crippen molar-refractivity contribution in [1.82, 2.24) is 14.5 Å². The molecule has 1 aromatic heterocycles. The summed E-state index contributed by atoms with van der Waals surface area (Å²) in [6.07, 6.45) is 1.47. The van der Waals surface area contributed by atoms with Gasteiger partial charge in [0.05, 0.1) is 5.69 Å². The van der Waals surface area contributed by atoms with Crippen molar-refractivity contribution >= 4 is 27.4 Å². The number of benzene rings is 1. The largest absolute Gasteiger partial charge is 0.354 e. The highest BCUT2D eigenvalue weighted by molar-refractivity contribution is 7.89. The average molecular weight is 434 g/mol. The molecule has 9 nitrogen and oxygen atoms in total. The standard InChI is InChI=1S/C20H27N5O4S/c1-4-25-20(27)10-9-19(22-25)24-11-5-6-16(13-24)23-30(28,29)18-12-14(2)7-8-17(18)21-15(3)26/h7-10,12,16,23H,4-6,11,13H2,1-3H3,(H,21,26). The van der Waals surface area contributed by atoms with E-state index in [1.807, 2.05) is 11.8 Å². The van der Waals surface area contributed by atoms with Crippen LogP contribution in [0.2, 0.25) is 0 Å². The molecule has 162 valence electrons. The van der Waals surface area contributed by atoms with E-state index in [2.05, 4.69) is 15.1 Å². The third-order valence-corrected chi connectivity index (χ3v) is 6.52. The normalized spacial score (nSPS) is 17.0. The van der Waals surface area contributed by atoms with Crippen LogP contribution >= 0.6 is 0 Å². The van der Waals surface area contributed by atoms with Gasteiger partial charge in [0.2, 0.25) is 15.9 Å². The van der Waals surface area contributed by atoms with E-state index in [1.165, 1.54) is 17.7 Å². The first kappa shape index (κ1) is 22.0. The Kier molecular flexibility index (Phi) is 6.57. The highest BCUT2D eigenvalue weighted by Gasteiger charge is 2.28. The second kappa shape index (κ2) is 8.97. The molecular formula is C20H27N5O4S. The maximum Gasteiger partial charge on any atom is 0.266 e. The summed E-state index contributed by atoms with van der Waals surface area (Å²) in [7, 11) is -3.85. The fraction of sp³-hybridized carbons (Fsp3) is 0.450. The van der Waals surface area contributed by atoms with E-state index in [4.69, 9.17) is 0 Å². The molecule has 30 heavy (non-hydrogen) atoms. The predicted molar refractivity (Wildman–Crippen MR) is 115 cm³/mol. The predicted octanol–water partition coefficient (Wildman–Crippen LogP) is 1.48. The Morgan fingerprint density at radius 2 is 2.03 bits per heavy atom. The number of rotatable bonds is 6. The van der Waals surface area contributed by atoms with Gasteiger partial charge in [-0.1, -0.05) is 6.07 Å². The number of nitrogens with zero attached hydrogens (tertiary/aromatic N) is 3. The zero-order valence-corrected chi connectivity index (χ0v) is 18.2. The number of anilines is 2. The van der Waals surface area contributed by atoms with Gasteiger partial charge in [-0.15, -0.1) is 0 Å². The zero-order valence-electron chi connectivity index (χ0n) is 17.4. The van der Waals surface area contributed by atoms with Crippen LogP contribution in [0, 0.1) is 6.92 Å².